The molecule has 0 bridgehead atoms. The van der Waals surface area contributed by atoms with Crippen LogP contribution < -0.4 is 10.6 Å². The minimum atomic E-state index is -0.185. The van der Waals surface area contributed by atoms with Crippen molar-refractivity contribution < 1.29 is 4.39 Å². The van der Waals surface area contributed by atoms with Crippen LogP contribution in [0.4, 0.5) is 4.39 Å². The molecule has 1 aliphatic heterocycles. The van der Waals surface area contributed by atoms with Gasteiger partial charge >= 0.3 is 0 Å². The summed E-state index contributed by atoms with van der Waals surface area (Å²) in [6.07, 6.45) is 1.09. The first-order valence-corrected chi connectivity index (χ1v) is 6.34. The molecule has 0 amide bonds. The van der Waals surface area contributed by atoms with Gasteiger partial charge in [0.15, 0.2) is 0 Å². The van der Waals surface area contributed by atoms with E-state index in [2.05, 4.69) is 10.6 Å². The van der Waals surface area contributed by atoms with Crippen LogP contribution in [0.25, 0.3) is 0 Å². The third-order valence-corrected chi connectivity index (χ3v) is 3.82. The molecular weight excluding hydrogens is 239 g/mol. The average Bonchev–Trinajstić information content (AvgIpc) is 2.80. The highest BCUT2D eigenvalue weighted by atomic mass is 35.5. The lowest BCUT2D eigenvalue weighted by Crippen LogP contribution is -2.27. The van der Waals surface area contributed by atoms with Crippen molar-refractivity contribution in [3.05, 3.63) is 34.1 Å². The minimum Gasteiger partial charge on any atom is -0.316 e. The summed E-state index contributed by atoms with van der Waals surface area (Å²) in [6, 6.07) is 3.39. The maximum atomic E-state index is 13.6. The number of aryl methyl sites for hydroxylation is 1. The quantitative estimate of drug-likeness (QED) is 0.869. The van der Waals surface area contributed by atoms with Crippen LogP contribution in [0.5, 0.6) is 0 Å². The van der Waals surface area contributed by atoms with Crippen molar-refractivity contribution in [1.29, 1.82) is 0 Å². The van der Waals surface area contributed by atoms with Crippen LogP contribution in [0.1, 0.15) is 23.6 Å². The lowest BCUT2D eigenvalue weighted by molar-refractivity contribution is 0.409. The van der Waals surface area contributed by atoms with Gasteiger partial charge in [0, 0.05) is 11.1 Å². The standard InChI is InChI=1S/C13H18ClFN2/c1-8-5-11(14)10(6-12(8)15)13(16-2)9-3-4-17-7-9/h5-6,9,13,16-17H,3-4,7H2,1-2H3. The van der Waals surface area contributed by atoms with Crippen molar-refractivity contribution in [1.82, 2.24) is 10.6 Å². The highest BCUT2D eigenvalue weighted by molar-refractivity contribution is 6.31. The first-order valence-electron chi connectivity index (χ1n) is 5.97. The summed E-state index contributed by atoms with van der Waals surface area (Å²) < 4.78 is 13.6. The van der Waals surface area contributed by atoms with E-state index in [4.69, 9.17) is 11.6 Å². The number of nitrogens with one attached hydrogen (secondary N) is 2. The van der Waals surface area contributed by atoms with E-state index in [9.17, 15) is 4.39 Å². The van der Waals surface area contributed by atoms with Gasteiger partial charge in [-0.05, 0) is 62.7 Å². The first kappa shape index (κ1) is 12.8. The van der Waals surface area contributed by atoms with Gasteiger partial charge in [-0.1, -0.05) is 11.6 Å². The van der Waals surface area contributed by atoms with Crippen molar-refractivity contribution in [2.45, 2.75) is 19.4 Å². The van der Waals surface area contributed by atoms with E-state index in [1.807, 2.05) is 7.05 Å². The van der Waals surface area contributed by atoms with Crippen molar-refractivity contribution in [3.63, 3.8) is 0 Å². The molecule has 2 nitrogen and oxygen atoms in total. The van der Waals surface area contributed by atoms with E-state index in [1.165, 1.54) is 0 Å². The summed E-state index contributed by atoms with van der Waals surface area (Å²) >= 11 is 6.23. The van der Waals surface area contributed by atoms with Crippen LogP contribution >= 0.6 is 11.6 Å². The van der Waals surface area contributed by atoms with Gasteiger partial charge in [0.2, 0.25) is 0 Å². The van der Waals surface area contributed by atoms with Crippen molar-refractivity contribution in [3.8, 4) is 0 Å². The lowest BCUT2D eigenvalue weighted by atomic mass is 9.91. The normalized spacial score (nSPS) is 21.8. The molecule has 1 heterocycles. The summed E-state index contributed by atoms with van der Waals surface area (Å²) in [7, 11) is 1.90. The van der Waals surface area contributed by atoms with Gasteiger partial charge in [-0.15, -0.1) is 0 Å². The van der Waals surface area contributed by atoms with Gasteiger partial charge in [0.05, 0.1) is 0 Å². The second-order valence-corrected chi connectivity index (χ2v) is 5.05. The smallest absolute Gasteiger partial charge is 0.126 e. The summed E-state index contributed by atoms with van der Waals surface area (Å²) in [6.45, 7) is 3.71. The third-order valence-electron chi connectivity index (χ3n) is 3.49. The van der Waals surface area contributed by atoms with Gasteiger partial charge in [-0.2, -0.15) is 0 Å². The number of hydrogen-bond acceptors (Lipinski definition) is 2. The van der Waals surface area contributed by atoms with Gasteiger partial charge in [-0.3, -0.25) is 0 Å². The highest BCUT2D eigenvalue weighted by Gasteiger charge is 2.27. The molecule has 1 fully saturated rings. The van der Waals surface area contributed by atoms with E-state index in [1.54, 1.807) is 19.1 Å². The minimum absolute atomic E-state index is 0.118. The van der Waals surface area contributed by atoms with Crippen molar-refractivity contribution >= 4 is 11.6 Å². The Balaban J connectivity index is 2.32. The summed E-state index contributed by atoms with van der Waals surface area (Å²) in [5, 5.41) is 7.23. The molecule has 1 aromatic carbocycles. The Labute approximate surface area is 107 Å². The average molecular weight is 257 g/mol. The predicted octanol–water partition coefficient (Wildman–Crippen LogP) is 2.66. The van der Waals surface area contributed by atoms with E-state index >= 15 is 0 Å². The van der Waals surface area contributed by atoms with Gasteiger partial charge in [0.1, 0.15) is 5.82 Å². The predicted molar refractivity (Wildman–Crippen MR) is 68.9 cm³/mol. The van der Waals surface area contributed by atoms with Gasteiger partial charge < -0.3 is 10.6 Å². The maximum Gasteiger partial charge on any atom is 0.126 e. The van der Waals surface area contributed by atoms with Crippen LogP contribution in [0.2, 0.25) is 5.02 Å². The molecule has 1 aromatic rings. The largest absolute Gasteiger partial charge is 0.316 e. The fourth-order valence-corrected chi connectivity index (χ4v) is 2.84. The molecule has 2 unspecified atom stereocenters. The number of hydrogen-bond donors (Lipinski definition) is 2. The Morgan fingerprint density at radius 2 is 2.29 bits per heavy atom. The molecule has 1 aliphatic rings. The SMILES string of the molecule is CNC(c1cc(F)c(C)cc1Cl)C1CCNC1. The fraction of sp³-hybridized carbons (Fsp3) is 0.538. The topological polar surface area (TPSA) is 24.1 Å². The van der Waals surface area contributed by atoms with E-state index in [0.29, 0.717) is 16.5 Å². The lowest BCUT2D eigenvalue weighted by Gasteiger charge is -2.24. The van der Waals surface area contributed by atoms with Crippen LogP contribution in [0.15, 0.2) is 12.1 Å². The molecule has 94 valence electrons. The third kappa shape index (κ3) is 2.62. The molecule has 0 aliphatic carbocycles. The molecule has 0 radical (unpaired) electrons. The molecule has 4 heteroatoms. The number of benzene rings is 1. The molecule has 2 rings (SSSR count). The summed E-state index contributed by atoms with van der Waals surface area (Å²) in [4.78, 5) is 0. The Morgan fingerprint density at radius 1 is 1.53 bits per heavy atom. The maximum absolute atomic E-state index is 13.6. The zero-order valence-electron chi connectivity index (χ0n) is 10.2. The van der Waals surface area contributed by atoms with Crippen LogP contribution in [0, 0.1) is 18.7 Å². The van der Waals surface area contributed by atoms with Crippen molar-refractivity contribution in [2.75, 3.05) is 20.1 Å². The zero-order valence-corrected chi connectivity index (χ0v) is 10.9. The summed E-state index contributed by atoms with van der Waals surface area (Å²) in [5.74, 6) is 0.287. The molecule has 2 N–H and O–H groups in total. The summed E-state index contributed by atoms with van der Waals surface area (Å²) in [5.41, 5.74) is 1.46. The highest BCUT2D eigenvalue weighted by Crippen LogP contribution is 2.32. The van der Waals surface area contributed by atoms with Crippen LogP contribution in [0.3, 0.4) is 0 Å². The van der Waals surface area contributed by atoms with Crippen LogP contribution in [-0.4, -0.2) is 20.1 Å². The molecule has 1 saturated heterocycles. The molecule has 2 atom stereocenters. The molecule has 0 aromatic heterocycles. The van der Waals surface area contributed by atoms with Crippen LogP contribution in [-0.2, 0) is 0 Å². The number of halogens is 2. The molecular formula is C13H18ClFN2. The van der Waals surface area contributed by atoms with Crippen molar-refractivity contribution in [2.24, 2.45) is 5.92 Å². The molecule has 0 spiro atoms. The monoisotopic (exact) mass is 256 g/mol. The zero-order chi connectivity index (χ0) is 12.4. The van der Waals surface area contributed by atoms with E-state index < -0.39 is 0 Å². The van der Waals surface area contributed by atoms with Gasteiger partial charge in [-0.25, -0.2) is 4.39 Å². The Morgan fingerprint density at radius 3 is 2.88 bits per heavy atom. The first-order chi connectivity index (χ1) is 8.13. The van der Waals surface area contributed by atoms with E-state index in [-0.39, 0.29) is 11.9 Å². The van der Waals surface area contributed by atoms with E-state index in [0.717, 1.165) is 25.1 Å². The van der Waals surface area contributed by atoms with Gasteiger partial charge in [0.25, 0.3) is 0 Å². The molecule has 17 heavy (non-hydrogen) atoms. The fourth-order valence-electron chi connectivity index (χ4n) is 2.51. The second kappa shape index (κ2) is 5.34. The second-order valence-electron chi connectivity index (χ2n) is 4.64. The molecule has 0 saturated carbocycles. The Bertz CT molecular complexity index is 403. The number of rotatable bonds is 3. The Hall–Kier alpha value is -0.640. The Kier molecular flexibility index (Phi) is 4.02.